The number of nitrogens with one attached hydrogen (secondary N) is 4. The van der Waals surface area contributed by atoms with Crippen molar-refractivity contribution in [3.8, 4) is 34.0 Å². The van der Waals surface area contributed by atoms with Gasteiger partial charge in [0.05, 0.1) is 17.2 Å². The number of aromatic hydroxyl groups is 1. The van der Waals surface area contributed by atoms with Gasteiger partial charge in [-0.2, -0.15) is 0 Å². The van der Waals surface area contributed by atoms with Crippen LogP contribution in [0.5, 0.6) is 11.5 Å². The average molecular weight is 435 g/mol. The van der Waals surface area contributed by atoms with Crippen LogP contribution in [0.1, 0.15) is 36.0 Å². The minimum atomic E-state index is -1.11. The van der Waals surface area contributed by atoms with Gasteiger partial charge in [-0.15, -0.1) is 5.53 Å². The van der Waals surface area contributed by atoms with Crippen molar-refractivity contribution in [1.82, 2.24) is 15.5 Å². The Morgan fingerprint density at radius 2 is 1.84 bits per heavy atom. The normalized spacial score (nSPS) is 15.1. The molecule has 0 radical (unpaired) electrons. The van der Waals surface area contributed by atoms with Gasteiger partial charge in [0.15, 0.2) is 11.5 Å². The van der Waals surface area contributed by atoms with Gasteiger partial charge in [-0.25, -0.2) is 9.78 Å². The van der Waals surface area contributed by atoms with Gasteiger partial charge in [-0.05, 0) is 61.6 Å². The van der Waals surface area contributed by atoms with E-state index < -0.39 is 5.97 Å². The van der Waals surface area contributed by atoms with Crippen LogP contribution in [0.15, 0.2) is 41.2 Å². The lowest BCUT2D eigenvalue weighted by Gasteiger charge is -2.18. The predicted molar refractivity (Wildman–Crippen MR) is 118 cm³/mol. The number of carboxylic acid groups (broad SMARTS) is 1. The molecule has 10 heteroatoms. The first-order chi connectivity index (χ1) is 15.5. The molecule has 0 bridgehead atoms. The maximum atomic E-state index is 12.4. The van der Waals surface area contributed by atoms with Gasteiger partial charge in [-0.3, -0.25) is 15.6 Å². The fourth-order valence-corrected chi connectivity index (χ4v) is 4.04. The van der Waals surface area contributed by atoms with Crippen LogP contribution in [0.3, 0.4) is 0 Å². The van der Waals surface area contributed by atoms with Crippen molar-refractivity contribution < 1.29 is 19.7 Å². The summed E-state index contributed by atoms with van der Waals surface area (Å²) in [6.45, 7) is 0. The van der Waals surface area contributed by atoms with E-state index in [4.69, 9.17) is 9.84 Å². The van der Waals surface area contributed by atoms with Gasteiger partial charge in [0, 0.05) is 5.56 Å². The Kier molecular flexibility index (Phi) is 4.91. The van der Waals surface area contributed by atoms with Crippen LogP contribution >= 0.6 is 0 Å². The van der Waals surface area contributed by atoms with Gasteiger partial charge in [-0.1, -0.05) is 6.07 Å². The molecule has 2 aliphatic rings. The number of carbonyl (C=O) groups is 1. The molecule has 32 heavy (non-hydrogen) atoms. The summed E-state index contributed by atoms with van der Waals surface area (Å²) in [6, 6.07) is 9.53. The number of hydrazine groups is 2. The Labute approximate surface area is 182 Å². The molecular formula is C22H21N5O5. The molecule has 0 saturated heterocycles. The van der Waals surface area contributed by atoms with Crippen LogP contribution in [-0.2, 0) is 0 Å². The molecular weight excluding hydrogens is 414 g/mol. The molecule has 10 nitrogen and oxygen atoms in total. The quantitative estimate of drug-likeness (QED) is 0.355. The first-order valence-corrected chi connectivity index (χ1v) is 10.3. The molecule has 1 aromatic heterocycles. The third-order valence-electron chi connectivity index (χ3n) is 5.68. The van der Waals surface area contributed by atoms with Crippen LogP contribution in [0.25, 0.3) is 22.5 Å². The number of ether oxygens (including phenoxy) is 1. The van der Waals surface area contributed by atoms with Crippen molar-refractivity contribution in [3.63, 3.8) is 0 Å². The molecule has 0 amide bonds. The van der Waals surface area contributed by atoms with Crippen LogP contribution in [0, 0.1) is 0 Å². The molecule has 2 aromatic carbocycles. The SMILES string of the molecule is O=C(O)c1ccc(-c2ccc(-c3nc4c(c(=O)[nH]3)NNN4)c(OC3CCCC3)c2)c(O)c1. The first kappa shape index (κ1) is 19.9. The monoisotopic (exact) mass is 435 g/mol. The van der Waals surface area contributed by atoms with E-state index in [1.165, 1.54) is 12.1 Å². The van der Waals surface area contributed by atoms with Gasteiger partial charge >= 0.3 is 5.97 Å². The molecule has 0 spiro atoms. The van der Waals surface area contributed by atoms with E-state index in [1.807, 2.05) is 0 Å². The largest absolute Gasteiger partial charge is 0.507 e. The zero-order valence-corrected chi connectivity index (χ0v) is 16.9. The van der Waals surface area contributed by atoms with E-state index in [2.05, 4.69) is 26.4 Å². The molecule has 5 rings (SSSR count). The van der Waals surface area contributed by atoms with E-state index in [0.29, 0.717) is 39.8 Å². The Morgan fingerprint density at radius 3 is 2.59 bits per heavy atom. The summed E-state index contributed by atoms with van der Waals surface area (Å²) < 4.78 is 6.29. The fourth-order valence-electron chi connectivity index (χ4n) is 4.04. The van der Waals surface area contributed by atoms with Crippen molar-refractivity contribution in [2.45, 2.75) is 31.8 Å². The molecule has 0 unspecified atom stereocenters. The zero-order valence-electron chi connectivity index (χ0n) is 16.9. The number of nitrogens with zero attached hydrogens (tertiary/aromatic N) is 1. The van der Waals surface area contributed by atoms with Crippen molar-refractivity contribution in [1.29, 1.82) is 0 Å². The summed E-state index contributed by atoms with van der Waals surface area (Å²) in [7, 11) is 0. The molecule has 1 saturated carbocycles. The Morgan fingerprint density at radius 1 is 1.06 bits per heavy atom. The second kappa shape index (κ2) is 7.89. The summed E-state index contributed by atoms with van der Waals surface area (Å²) >= 11 is 0. The lowest BCUT2D eigenvalue weighted by atomic mass is 10.00. The molecule has 0 atom stereocenters. The van der Waals surface area contributed by atoms with Crippen LogP contribution in [0.2, 0.25) is 0 Å². The molecule has 3 aromatic rings. The second-order valence-electron chi connectivity index (χ2n) is 7.79. The number of hydrogen-bond donors (Lipinski definition) is 6. The van der Waals surface area contributed by atoms with Crippen molar-refractivity contribution in [2.24, 2.45) is 0 Å². The average Bonchev–Trinajstić information content (AvgIpc) is 3.46. The number of rotatable bonds is 5. The van der Waals surface area contributed by atoms with Crippen LogP contribution in [-0.4, -0.2) is 32.3 Å². The number of hydrogen-bond acceptors (Lipinski definition) is 8. The Balaban J connectivity index is 1.59. The number of anilines is 2. The van der Waals surface area contributed by atoms with Crippen molar-refractivity contribution >= 4 is 17.5 Å². The van der Waals surface area contributed by atoms with E-state index in [0.717, 1.165) is 25.7 Å². The van der Waals surface area contributed by atoms with E-state index in [-0.39, 0.29) is 23.0 Å². The summed E-state index contributed by atoms with van der Waals surface area (Å²) in [6.07, 6.45) is 4.10. The van der Waals surface area contributed by atoms with Crippen LogP contribution < -0.4 is 26.7 Å². The smallest absolute Gasteiger partial charge is 0.335 e. The molecule has 1 aliphatic carbocycles. The van der Waals surface area contributed by atoms with Gasteiger partial charge < -0.3 is 19.9 Å². The molecule has 2 heterocycles. The second-order valence-corrected chi connectivity index (χ2v) is 7.79. The Hall–Kier alpha value is -4.05. The van der Waals surface area contributed by atoms with Crippen LogP contribution in [0.4, 0.5) is 11.5 Å². The number of phenolic OH excluding ortho intramolecular Hbond substituents is 1. The molecule has 1 aliphatic heterocycles. The highest BCUT2D eigenvalue weighted by atomic mass is 16.5. The summed E-state index contributed by atoms with van der Waals surface area (Å²) in [5.41, 5.74) is 9.84. The minimum absolute atomic E-state index is 0.0000608. The lowest BCUT2D eigenvalue weighted by Crippen LogP contribution is -2.21. The highest BCUT2D eigenvalue weighted by Crippen LogP contribution is 2.38. The fraction of sp³-hybridized carbons (Fsp3) is 0.227. The lowest BCUT2D eigenvalue weighted by molar-refractivity contribution is 0.0696. The number of benzene rings is 2. The summed E-state index contributed by atoms with van der Waals surface area (Å²) in [4.78, 5) is 30.9. The number of aromatic amines is 1. The standard InChI is InChI=1S/C22H21N5O5/c28-16-9-12(22(30)31)6-7-14(16)11-5-8-15(17(10-11)32-13-3-1-2-4-13)19-23-20-18(21(29)24-19)25-27-26-20/h5-10,13,25,27-28H,1-4H2,(H,30,31)(H2,23,24,26,29). The first-order valence-electron chi connectivity index (χ1n) is 10.3. The highest BCUT2D eigenvalue weighted by Gasteiger charge is 2.22. The maximum absolute atomic E-state index is 12.4. The van der Waals surface area contributed by atoms with E-state index in [9.17, 15) is 14.7 Å². The molecule has 164 valence electrons. The van der Waals surface area contributed by atoms with Crippen molar-refractivity contribution in [2.75, 3.05) is 10.9 Å². The van der Waals surface area contributed by atoms with Gasteiger partial charge in [0.25, 0.3) is 5.56 Å². The number of H-pyrrole nitrogens is 1. The highest BCUT2D eigenvalue weighted by molar-refractivity contribution is 5.90. The van der Waals surface area contributed by atoms with E-state index in [1.54, 1.807) is 24.3 Å². The zero-order chi connectivity index (χ0) is 22.2. The predicted octanol–water partition coefficient (Wildman–Crippen LogP) is 3.09. The molecule has 1 fully saturated rings. The Bertz CT molecular complexity index is 1270. The van der Waals surface area contributed by atoms with Crippen molar-refractivity contribution in [3.05, 3.63) is 52.3 Å². The molecule has 6 N–H and O–H groups in total. The van der Waals surface area contributed by atoms with Gasteiger partial charge in [0.1, 0.15) is 17.3 Å². The number of carboxylic acids is 1. The number of aromatic carboxylic acids is 1. The summed E-state index contributed by atoms with van der Waals surface area (Å²) in [5.74, 6) is -0.0111. The van der Waals surface area contributed by atoms with E-state index >= 15 is 0 Å². The minimum Gasteiger partial charge on any atom is -0.507 e. The number of fused-ring (bicyclic) bond motifs is 1. The number of aromatic nitrogens is 2. The maximum Gasteiger partial charge on any atom is 0.335 e. The number of phenols is 1. The van der Waals surface area contributed by atoms with Gasteiger partial charge in [0.2, 0.25) is 0 Å². The summed E-state index contributed by atoms with van der Waals surface area (Å²) in [5, 5.41) is 19.6. The topological polar surface area (TPSA) is 149 Å². The third-order valence-corrected chi connectivity index (χ3v) is 5.68. The third kappa shape index (κ3) is 3.60.